The van der Waals surface area contributed by atoms with E-state index in [1.54, 1.807) is 48.5 Å². The van der Waals surface area contributed by atoms with Gasteiger partial charge in [-0.1, -0.05) is 46.7 Å². The van der Waals surface area contributed by atoms with Gasteiger partial charge in [0.15, 0.2) is 10.7 Å². The number of nitrogens with one attached hydrogen (secondary N) is 1. The molecule has 0 atom stereocenters. The third-order valence-corrected chi connectivity index (χ3v) is 4.62. The third-order valence-electron chi connectivity index (χ3n) is 3.21. The van der Waals surface area contributed by atoms with Crippen LogP contribution in [0.3, 0.4) is 0 Å². The molecule has 11 heteroatoms. The summed E-state index contributed by atoms with van der Waals surface area (Å²) in [5.74, 6) is -1.23. The SMILES string of the molecule is NC(=O)/C(=N\Nc1cccc(Cl)c1)c1nc(O)c(N=Nc2cccc(Cl)c2)s1. The number of anilines is 1. The smallest absolute Gasteiger partial charge is 0.272 e. The van der Waals surface area contributed by atoms with Crippen molar-refractivity contribution in [2.45, 2.75) is 0 Å². The molecule has 1 amide bonds. The van der Waals surface area contributed by atoms with Crippen molar-refractivity contribution in [2.75, 3.05) is 5.43 Å². The summed E-state index contributed by atoms with van der Waals surface area (Å²) in [6.07, 6.45) is 0. The van der Waals surface area contributed by atoms with Gasteiger partial charge in [-0.2, -0.15) is 10.1 Å². The van der Waals surface area contributed by atoms with Crippen LogP contribution in [-0.2, 0) is 4.79 Å². The van der Waals surface area contributed by atoms with E-state index in [0.717, 1.165) is 11.3 Å². The van der Waals surface area contributed by atoms with Crippen molar-refractivity contribution in [3.63, 3.8) is 0 Å². The fraction of sp³-hybridized carbons (Fsp3) is 0. The summed E-state index contributed by atoms with van der Waals surface area (Å²) in [7, 11) is 0. The van der Waals surface area contributed by atoms with Crippen molar-refractivity contribution in [2.24, 2.45) is 21.1 Å². The Morgan fingerprint density at radius 3 is 2.50 bits per heavy atom. The van der Waals surface area contributed by atoms with Crippen molar-refractivity contribution >= 4 is 62.5 Å². The Morgan fingerprint density at radius 2 is 1.82 bits per heavy atom. The number of halogens is 2. The highest BCUT2D eigenvalue weighted by molar-refractivity contribution is 7.18. The first kappa shape index (κ1) is 19.7. The summed E-state index contributed by atoms with van der Waals surface area (Å²) < 4.78 is 0. The first-order chi connectivity index (χ1) is 13.4. The lowest BCUT2D eigenvalue weighted by Crippen LogP contribution is -2.25. The molecule has 1 heterocycles. The van der Waals surface area contributed by atoms with Crippen LogP contribution in [0, 0.1) is 0 Å². The molecule has 3 rings (SSSR count). The lowest BCUT2D eigenvalue weighted by molar-refractivity contribution is -0.111. The normalized spacial score (nSPS) is 11.7. The number of nitrogens with zero attached hydrogens (tertiary/aromatic N) is 4. The Bertz CT molecular complexity index is 1080. The van der Waals surface area contributed by atoms with E-state index >= 15 is 0 Å². The number of primary amides is 1. The molecule has 0 fully saturated rings. The number of hydrogen-bond acceptors (Lipinski definition) is 8. The molecule has 0 spiro atoms. The van der Waals surface area contributed by atoms with Gasteiger partial charge in [-0.15, -0.1) is 10.2 Å². The number of nitrogens with two attached hydrogens (primary N) is 1. The summed E-state index contributed by atoms with van der Waals surface area (Å²) in [6.45, 7) is 0. The topological polar surface area (TPSA) is 125 Å². The molecule has 8 nitrogen and oxygen atoms in total. The molecular weight excluding hydrogens is 423 g/mol. The maximum absolute atomic E-state index is 11.8. The zero-order valence-electron chi connectivity index (χ0n) is 14.0. The Labute approximate surface area is 173 Å². The van der Waals surface area contributed by atoms with E-state index < -0.39 is 11.8 Å². The van der Waals surface area contributed by atoms with Gasteiger partial charge in [-0.25, -0.2) is 0 Å². The van der Waals surface area contributed by atoms with Crippen molar-refractivity contribution in [3.05, 3.63) is 63.6 Å². The molecule has 0 radical (unpaired) electrons. The average Bonchev–Trinajstić information content (AvgIpc) is 3.00. The zero-order valence-corrected chi connectivity index (χ0v) is 16.3. The fourth-order valence-corrected chi connectivity index (χ4v) is 3.15. The molecule has 0 unspecified atom stereocenters. The van der Waals surface area contributed by atoms with Gasteiger partial charge in [-0.3, -0.25) is 10.2 Å². The second-order valence-electron chi connectivity index (χ2n) is 5.27. The Hall–Kier alpha value is -3.01. The molecule has 0 aliphatic heterocycles. The summed E-state index contributed by atoms with van der Waals surface area (Å²) >= 11 is 12.7. The largest absolute Gasteiger partial charge is 0.491 e. The van der Waals surface area contributed by atoms with E-state index in [1.165, 1.54) is 0 Å². The first-order valence-corrected chi connectivity index (χ1v) is 9.26. The summed E-state index contributed by atoms with van der Waals surface area (Å²) in [5, 5.41) is 23.1. The highest BCUT2D eigenvalue weighted by atomic mass is 35.5. The Kier molecular flexibility index (Phi) is 6.19. The second-order valence-corrected chi connectivity index (χ2v) is 7.12. The van der Waals surface area contributed by atoms with E-state index in [2.05, 4.69) is 25.7 Å². The molecule has 142 valence electrons. The van der Waals surface area contributed by atoms with Gasteiger partial charge in [0.05, 0.1) is 11.4 Å². The number of thiazole rings is 1. The second kappa shape index (κ2) is 8.79. The highest BCUT2D eigenvalue weighted by Gasteiger charge is 2.19. The molecule has 2 aromatic carbocycles. The van der Waals surface area contributed by atoms with Crippen LogP contribution in [0.5, 0.6) is 5.88 Å². The highest BCUT2D eigenvalue weighted by Crippen LogP contribution is 2.35. The predicted molar refractivity (Wildman–Crippen MR) is 110 cm³/mol. The summed E-state index contributed by atoms with van der Waals surface area (Å²) in [6, 6.07) is 13.5. The number of hydrogen-bond donors (Lipinski definition) is 3. The van der Waals surface area contributed by atoms with E-state index in [9.17, 15) is 9.90 Å². The Morgan fingerprint density at radius 1 is 1.11 bits per heavy atom. The van der Waals surface area contributed by atoms with E-state index in [1.807, 2.05) is 0 Å². The molecule has 28 heavy (non-hydrogen) atoms. The predicted octanol–water partition coefficient (Wildman–Crippen LogP) is 4.87. The average molecular weight is 435 g/mol. The van der Waals surface area contributed by atoms with Crippen LogP contribution >= 0.6 is 34.5 Å². The van der Waals surface area contributed by atoms with E-state index in [4.69, 9.17) is 28.9 Å². The lowest BCUT2D eigenvalue weighted by Gasteiger charge is -2.02. The first-order valence-electron chi connectivity index (χ1n) is 7.69. The Balaban J connectivity index is 1.85. The minimum Gasteiger partial charge on any atom is -0.491 e. The van der Waals surface area contributed by atoms with Crippen LogP contribution in [0.2, 0.25) is 10.0 Å². The monoisotopic (exact) mass is 434 g/mol. The standard InChI is InChI=1S/C17H12Cl2N6O2S/c18-9-3-1-5-11(7-9)22-24-13(14(20)26)16-21-15(27)17(28-16)25-23-12-6-2-4-10(19)8-12/h1-8,22,27H,(H2,20,26)/b24-13+,25-23?. The summed E-state index contributed by atoms with van der Waals surface area (Å²) in [4.78, 5) is 15.7. The van der Waals surface area contributed by atoms with Crippen LogP contribution in [0.15, 0.2) is 63.9 Å². The van der Waals surface area contributed by atoms with Crippen LogP contribution in [-0.4, -0.2) is 21.7 Å². The van der Waals surface area contributed by atoms with Crippen LogP contribution in [0.25, 0.3) is 0 Å². The molecule has 0 aliphatic rings. The molecular formula is C17H12Cl2N6O2S. The zero-order chi connectivity index (χ0) is 20.1. The summed E-state index contributed by atoms with van der Waals surface area (Å²) in [5.41, 5.74) is 8.93. The van der Waals surface area contributed by atoms with Gasteiger partial charge in [-0.05, 0) is 36.4 Å². The molecule has 1 aromatic heterocycles. The van der Waals surface area contributed by atoms with Crippen LogP contribution in [0.4, 0.5) is 16.4 Å². The van der Waals surface area contributed by atoms with Gasteiger partial charge < -0.3 is 10.8 Å². The van der Waals surface area contributed by atoms with Crippen LogP contribution in [0.1, 0.15) is 5.01 Å². The number of rotatable bonds is 6. The number of benzene rings is 2. The van der Waals surface area contributed by atoms with Gasteiger partial charge in [0.2, 0.25) is 5.00 Å². The van der Waals surface area contributed by atoms with E-state index in [0.29, 0.717) is 21.4 Å². The number of carbonyl (C=O) groups is 1. The minimum atomic E-state index is -0.832. The lowest BCUT2D eigenvalue weighted by atomic mass is 10.3. The minimum absolute atomic E-state index is 0.0829. The number of carbonyl (C=O) groups excluding carboxylic acids is 1. The van der Waals surface area contributed by atoms with Gasteiger partial charge in [0.25, 0.3) is 11.8 Å². The number of aromatic nitrogens is 1. The van der Waals surface area contributed by atoms with Crippen molar-refractivity contribution in [1.82, 2.24) is 4.98 Å². The number of hydrazone groups is 1. The van der Waals surface area contributed by atoms with Crippen molar-refractivity contribution in [3.8, 4) is 5.88 Å². The molecule has 0 bridgehead atoms. The van der Waals surface area contributed by atoms with Gasteiger partial charge >= 0.3 is 0 Å². The number of aromatic hydroxyl groups is 1. The van der Waals surface area contributed by atoms with Crippen LogP contribution < -0.4 is 11.2 Å². The maximum atomic E-state index is 11.8. The van der Waals surface area contributed by atoms with Gasteiger partial charge in [0.1, 0.15) is 0 Å². The molecule has 3 aromatic rings. The van der Waals surface area contributed by atoms with Crippen molar-refractivity contribution < 1.29 is 9.90 Å². The quantitative estimate of drug-likeness (QED) is 0.290. The van der Waals surface area contributed by atoms with Gasteiger partial charge in [0, 0.05) is 10.0 Å². The molecule has 0 saturated carbocycles. The maximum Gasteiger partial charge on any atom is 0.272 e. The molecule has 4 N–H and O–H groups in total. The number of amides is 1. The van der Waals surface area contributed by atoms with Crippen molar-refractivity contribution in [1.29, 1.82) is 0 Å². The molecule has 0 saturated heterocycles. The van der Waals surface area contributed by atoms with E-state index in [-0.39, 0.29) is 15.7 Å². The molecule has 0 aliphatic carbocycles. The fourth-order valence-electron chi connectivity index (χ4n) is 2.00. The third kappa shape index (κ3) is 5.03. The number of azo groups is 1.